The first-order chi connectivity index (χ1) is 9.36. The molecule has 5 heteroatoms. The lowest BCUT2D eigenvalue weighted by Gasteiger charge is -2.16. The van der Waals surface area contributed by atoms with Crippen molar-refractivity contribution in [3.05, 3.63) is 58.6 Å². The molecule has 106 valence electrons. The van der Waals surface area contributed by atoms with Gasteiger partial charge in [0.15, 0.2) is 9.84 Å². The first-order valence-corrected chi connectivity index (χ1v) is 8.87. The van der Waals surface area contributed by atoms with Gasteiger partial charge in [0.05, 0.1) is 4.90 Å². The van der Waals surface area contributed by atoms with Gasteiger partial charge in [-0.3, -0.25) is 0 Å². The molecule has 0 fully saturated rings. The quantitative estimate of drug-likeness (QED) is 0.902. The van der Waals surface area contributed by atoms with E-state index in [1.165, 1.54) is 11.8 Å². The Hall–Kier alpha value is -1.33. The Bertz CT molecular complexity index is 679. The molecular weight excluding hydrogens is 338 g/mol. The second-order valence-corrected chi connectivity index (χ2v) is 7.65. The summed E-state index contributed by atoms with van der Waals surface area (Å²) in [5.41, 5.74) is 2.06. The normalized spacial score (nSPS) is 12.9. The first-order valence-electron chi connectivity index (χ1n) is 6.18. The van der Waals surface area contributed by atoms with Crippen molar-refractivity contribution in [1.29, 1.82) is 0 Å². The summed E-state index contributed by atoms with van der Waals surface area (Å²) >= 11 is 3.41. The van der Waals surface area contributed by atoms with E-state index in [9.17, 15) is 8.42 Å². The molecule has 0 radical (unpaired) electrons. The first kappa shape index (κ1) is 15.1. The summed E-state index contributed by atoms with van der Waals surface area (Å²) in [6.07, 6.45) is 1.21. The molecule has 0 aliphatic rings. The fourth-order valence-electron chi connectivity index (χ4n) is 1.88. The molecule has 0 spiro atoms. The number of sulfone groups is 1. The molecule has 0 heterocycles. The zero-order valence-corrected chi connectivity index (χ0v) is 13.7. The fourth-order valence-corrected chi connectivity index (χ4v) is 2.78. The van der Waals surface area contributed by atoms with Crippen molar-refractivity contribution in [1.82, 2.24) is 0 Å². The van der Waals surface area contributed by atoms with Gasteiger partial charge in [0, 0.05) is 22.5 Å². The average Bonchev–Trinajstić information content (AvgIpc) is 2.39. The number of hydrogen-bond acceptors (Lipinski definition) is 3. The summed E-state index contributed by atoms with van der Waals surface area (Å²) in [5.74, 6) is 0. The van der Waals surface area contributed by atoms with Gasteiger partial charge in [0.25, 0.3) is 0 Å². The van der Waals surface area contributed by atoms with Crippen LogP contribution in [0.3, 0.4) is 0 Å². The lowest BCUT2D eigenvalue weighted by atomic mass is 10.1. The zero-order valence-electron chi connectivity index (χ0n) is 11.3. The Kier molecular flexibility index (Phi) is 4.50. The topological polar surface area (TPSA) is 46.2 Å². The molecular formula is C15H16BrNO2S. The smallest absolute Gasteiger partial charge is 0.175 e. The van der Waals surface area contributed by atoms with Crippen LogP contribution in [0.1, 0.15) is 18.5 Å². The average molecular weight is 354 g/mol. The summed E-state index contributed by atoms with van der Waals surface area (Å²) in [5, 5.41) is 3.35. The van der Waals surface area contributed by atoms with Gasteiger partial charge in [-0.1, -0.05) is 28.1 Å². The number of hydrogen-bond donors (Lipinski definition) is 1. The van der Waals surface area contributed by atoms with Crippen molar-refractivity contribution in [2.75, 3.05) is 11.6 Å². The molecule has 2 rings (SSSR count). The highest BCUT2D eigenvalue weighted by Gasteiger charge is 2.08. The molecule has 1 atom stereocenters. The largest absolute Gasteiger partial charge is 0.379 e. The summed E-state index contributed by atoms with van der Waals surface area (Å²) in [4.78, 5) is 0.333. The van der Waals surface area contributed by atoms with Gasteiger partial charge >= 0.3 is 0 Å². The highest BCUT2D eigenvalue weighted by molar-refractivity contribution is 9.10. The summed E-state index contributed by atoms with van der Waals surface area (Å²) in [6.45, 7) is 2.06. The van der Waals surface area contributed by atoms with E-state index in [1.54, 1.807) is 24.3 Å². The molecule has 0 bridgehead atoms. The molecule has 0 amide bonds. The molecule has 2 aromatic rings. The molecule has 3 nitrogen and oxygen atoms in total. The van der Waals surface area contributed by atoms with Crippen LogP contribution in [0.25, 0.3) is 0 Å². The molecule has 1 unspecified atom stereocenters. The molecule has 2 aromatic carbocycles. The van der Waals surface area contributed by atoms with Crippen molar-refractivity contribution in [2.45, 2.75) is 17.9 Å². The molecule has 20 heavy (non-hydrogen) atoms. The lowest BCUT2D eigenvalue weighted by Crippen LogP contribution is -2.06. The highest BCUT2D eigenvalue weighted by Crippen LogP contribution is 2.22. The van der Waals surface area contributed by atoms with Gasteiger partial charge in [-0.25, -0.2) is 8.42 Å². The fraction of sp³-hybridized carbons (Fsp3) is 0.200. The van der Waals surface area contributed by atoms with Crippen molar-refractivity contribution in [3.8, 4) is 0 Å². The number of nitrogens with one attached hydrogen (secondary N) is 1. The van der Waals surface area contributed by atoms with Crippen LogP contribution in [0.2, 0.25) is 0 Å². The van der Waals surface area contributed by atoms with Crippen LogP contribution >= 0.6 is 15.9 Å². The monoisotopic (exact) mass is 353 g/mol. The van der Waals surface area contributed by atoms with Gasteiger partial charge < -0.3 is 5.32 Å². The van der Waals surface area contributed by atoms with Crippen LogP contribution in [0.15, 0.2) is 57.9 Å². The summed E-state index contributed by atoms with van der Waals surface area (Å²) in [7, 11) is -3.14. The van der Waals surface area contributed by atoms with Crippen molar-refractivity contribution >= 4 is 31.5 Å². The predicted molar refractivity (Wildman–Crippen MR) is 85.7 cm³/mol. The Morgan fingerprint density at radius 3 is 2.05 bits per heavy atom. The van der Waals surface area contributed by atoms with Crippen molar-refractivity contribution in [3.63, 3.8) is 0 Å². The number of rotatable bonds is 4. The van der Waals surface area contributed by atoms with Crippen LogP contribution in [-0.4, -0.2) is 14.7 Å². The van der Waals surface area contributed by atoms with E-state index in [0.29, 0.717) is 4.90 Å². The van der Waals surface area contributed by atoms with E-state index in [-0.39, 0.29) is 6.04 Å². The molecule has 0 aliphatic heterocycles. The second kappa shape index (κ2) is 5.97. The van der Waals surface area contributed by atoms with Crippen molar-refractivity contribution < 1.29 is 8.42 Å². The van der Waals surface area contributed by atoms with E-state index < -0.39 is 9.84 Å². The minimum atomic E-state index is -3.14. The van der Waals surface area contributed by atoms with Crippen molar-refractivity contribution in [2.24, 2.45) is 0 Å². The number of benzene rings is 2. The Balaban J connectivity index is 2.12. The van der Waals surface area contributed by atoms with E-state index >= 15 is 0 Å². The summed E-state index contributed by atoms with van der Waals surface area (Å²) < 4.78 is 23.8. The highest BCUT2D eigenvalue weighted by atomic mass is 79.9. The minimum Gasteiger partial charge on any atom is -0.379 e. The Morgan fingerprint density at radius 2 is 1.55 bits per heavy atom. The van der Waals surface area contributed by atoms with Crippen LogP contribution < -0.4 is 5.32 Å². The molecule has 0 saturated carbocycles. The van der Waals surface area contributed by atoms with E-state index in [2.05, 4.69) is 28.2 Å². The van der Waals surface area contributed by atoms with Crippen LogP contribution in [0.5, 0.6) is 0 Å². The Morgan fingerprint density at radius 1 is 1.00 bits per heavy atom. The third-order valence-electron chi connectivity index (χ3n) is 3.04. The minimum absolute atomic E-state index is 0.146. The lowest BCUT2D eigenvalue weighted by molar-refractivity contribution is 0.602. The molecule has 1 N–H and O–H groups in total. The summed E-state index contributed by atoms with van der Waals surface area (Å²) in [6, 6.07) is 15.0. The molecule has 0 aromatic heterocycles. The zero-order chi connectivity index (χ0) is 14.8. The second-order valence-electron chi connectivity index (χ2n) is 4.71. The van der Waals surface area contributed by atoms with Crippen LogP contribution in [-0.2, 0) is 9.84 Å². The molecule has 0 saturated heterocycles. The predicted octanol–water partition coefficient (Wildman–Crippen LogP) is 4.03. The van der Waals surface area contributed by atoms with Crippen LogP contribution in [0.4, 0.5) is 5.69 Å². The van der Waals surface area contributed by atoms with Gasteiger partial charge in [-0.05, 0) is 48.9 Å². The van der Waals surface area contributed by atoms with Gasteiger partial charge in [-0.2, -0.15) is 0 Å². The van der Waals surface area contributed by atoms with E-state index in [4.69, 9.17) is 0 Å². The molecule has 0 aliphatic carbocycles. The third kappa shape index (κ3) is 3.84. The van der Waals surface area contributed by atoms with E-state index in [0.717, 1.165) is 10.2 Å². The SMILES string of the molecule is CC(Nc1ccc(S(C)(=O)=O)cc1)c1ccc(Br)cc1. The van der Waals surface area contributed by atoms with E-state index in [1.807, 2.05) is 24.3 Å². The Labute approximate surface area is 128 Å². The third-order valence-corrected chi connectivity index (χ3v) is 4.69. The maximum atomic E-state index is 11.4. The van der Waals surface area contributed by atoms with Crippen LogP contribution in [0, 0.1) is 0 Å². The maximum Gasteiger partial charge on any atom is 0.175 e. The van der Waals surface area contributed by atoms with Gasteiger partial charge in [-0.15, -0.1) is 0 Å². The number of anilines is 1. The van der Waals surface area contributed by atoms with Gasteiger partial charge in [0.1, 0.15) is 0 Å². The maximum absolute atomic E-state index is 11.4. The number of halogens is 1. The standard InChI is InChI=1S/C15H16BrNO2S/c1-11(12-3-5-13(16)6-4-12)17-14-7-9-15(10-8-14)20(2,18)19/h3-11,17H,1-2H3. The van der Waals surface area contributed by atoms with Gasteiger partial charge in [0.2, 0.25) is 0 Å².